The molecule has 5 nitrogen and oxygen atoms in total. The topological polar surface area (TPSA) is 75.1 Å². The normalized spacial score (nSPS) is 21.3. The Kier molecular flexibility index (Phi) is 4.62. The molecule has 1 fully saturated rings. The average Bonchev–Trinajstić information content (AvgIpc) is 2.52. The number of halogens is 1. The van der Waals surface area contributed by atoms with E-state index in [4.69, 9.17) is 0 Å². The average molecular weight is 315 g/mol. The molecular formula is C17H18FN3O2. The van der Waals surface area contributed by atoms with Crippen molar-refractivity contribution in [1.29, 1.82) is 0 Å². The summed E-state index contributed by atoms with van der Waals surface area (Å²) in [7, 11) is 0. The molecule has 6 heteroatoms. The molecule has 0 radical (unpaired) electrons. The Bertz CT molecular complexity index is 675. The molecule has 23 heavy (non-hydrogen) atoms. The van der Waals surface area contributed by atoms with Gasteiger partial charge in [-0.2, -0.15) is 0 Å². The lowest BCUT2D eigenvalue weighted by Gasteiger charge is -2.38. The third-order valence-electron chi connectivity index (χ3n) is 4.21. The van der Waals surface area contributed by atoms with Crippen molar-refractivity contribution in [2.75, 3.05) is 0 Å². The van der Waals surface area contributed by atoms with E-state index < -0.39 is 5.82 Å². The van der Waals surface area contributed by atoms with E-state index in [9.17, 15) is 14.3 Å². The standard InChI is InChI=1S/C17H18FN3O2/c18-14-6-13(9-20-10-14)17(23)21-16(12-7-15(22)8-12)5-11-1-3-19-4-2-11/h1-4,6,9-10,12,15-16,22H,5,7-8H2,(H,21,23). The number of pyridine rings is 2. The molecule has 2 N–H and O–H groups in total. The van der Waals surface area contributed by atoms with Crippen molar-refractivity contribution in [3.05, 3.63) is 59.9 Å². The van der Waals surface area contributed by atoms with Crippen LogP contribution in [0.3, 0.4) is 0 Å². The van der Waals surface area contributed by atoms with Crippen LogP contribution in [0.15, 0.2) is 43.0 Å². The molecule has 0 bridgehead atoms. The second-order valence-electron chi connectivity index (χ2n) is 5.92. The Morgan fingerprint density at radius 1 is 1.30 bits per heavy atom. The quantitative estimate of drug-likeness (QED) is 0.881. The van der Waals surface area contributed by atoms with Gasteiger partial charge in [-0.3, -0.25) is 14.8 Å². The summed E-state index contributed by atoms with van der Waals surface area (Å²) in [4.78, 5) is 20.0. The van der Waals surface area contributed by atoms with Gasteiger partial charge < -0.3 is 10.4 Å². The number of aromatic nitrogens is 2. The van der Waals surface area contributed by atoms with E-state index in [1.807, 2.05) is 12.1 Å². The first kappa shape index (κ1) is 15.6. The fourth-order valence-corrected chi connectivity index (χ4v) is 2.85. The van der Waals surface area contributed by atoms with Gasteiger partial charge in [0, 0.05) is 24.6 Å². The van der Waals surface area contributed by atoms with E-state index in [2.05, 4.69) is 15.3 Å². The molecule has 2 aromatic rings. The zero-order valence-corrected chi connectivity index (χ0v) is 12.5. The molecule has 0 saturated heterocycles. The van der Waals surface area contributed by atoms with Crippen molar-refractivity contribution in [2.24, 2.45) is 5.92 Å². The number of aliphatic hydroxyl groups is 1. The largest absolute Gasteiger partial charge is 0.393 e. The maximum Gasteiger partial charge on any atom is 0.253 e. The fourth-order valence-electron chi connectivity index (χ4n) is 2.85. The van der Waals surface area contributed by atoms with Gasteiger partial charge in [0.1, 0.15) is 5.82 Å². The van der Waals surface area contributed by atoms with Gasteiger partial charge in [0.05, 0.1) is 17.9 Å². The van der Waals surface area contributed by atoms with Crippen LogP contribution in [0.4, 0.5) is 4.39 Å². The molecule has 1 saturated carbocycles. The number of nitrogens with zero attached hydrogens (tertiary/aromatic N) is 2. The maximum absolute atomic E-state index is 13.2. The minimum atomic E-state index is -0.539. The van der Waals surface area contributed by atoms with Gasteiger partial charge in [0.15, 0.2) is 0 Å². The molecule has 2 aromatic heterocycles. The first-order valence-corrected chi connectivity index (χ1v) is 7.60. The van der Waals surface area contributed by atoms with Gasteiger partial charge >= 0.3 is 0 Å². The van der Waals surface area contributed by atoms with Crippen molar-refractivity contribution >= 4 is 5.91 Å². The van der Waals surface area contributed by atoms with Gasteiger partial charge in [-0.05, 0) is 48.9 Å². The van der Waals surface area contributed by atoms with Crippen molar-refractivity contribution in [2.45, 2.75) is 31.4 Å². The van der Waals surface area contributed by atoms with Crippen LogP contribution in [0.5, 0.6) is 0 Å². The van der Waals surface area contributed by atoms with Crippen LogP contribution in [-0.4, -0.2) is 33.1 Å². The number of hydrogen-bond acceptors (Lipinski definition) is 4. The zero-order valence-electron chi connectivity index (χ0n) is 12.5. The van der Waals surface area contributed by atoms with Gasteiger partial charge in [0.25, 0.3) is 5.91 Å². The van der Waals surface area contributed by atoms with Crippen LogP contribution in [0, 0.1) is 11.7 Å². The third-order valence-corrected chi connectivity index (χ3v) is 4.21. The molecule has 1 aliphatic carbocycles. The molecule has 0 aliphatic heterocycles. The zero-order chi connectivity index (χ0) is 16.2. The fraction of sp³-hybridized carbons (Fsp3) is 0.353. The summed E-state index contributed by atoms with van der Waals surface area (Å²) in [5.41, 5.74) is 1.26. The van der Waals surface area contributed by atoms with Crippen molar-refractivity contribution in [3.8, 4) is 0 Å². The predicted octanol–water partition coefficient (Wildman–Crippen LogP) is 1.73. The van der Waals surface area contributed by atoms with E-state index >= 15 is 0 Å². The minimum absolute atomic E-state index is 0.114. The molecule has 0 spiro atoms. The minimum Gasteiger partial charge on any atom is -0.393 e. The Hall–Kier alpha value is -2.34. The summed E-state index contributed by atoms with van der Waals surface area (Å²) in [6.45, 7) is 0. The van der Waals surface area contributed by atoms with E-state index in [0.717, 1.165) is 11.8 Å². The van der Waals surface area contributed by atoms with E-state index in [0.29, 0.717) is 19.3 Å². The lowest BCUT2D eigenvalue weighted by atomic mass is 9.75. The highest BCUT2D eigenvalue weighted by Crippen LogP contribution is 2.31. The Labute approximate surface area is 133 Å². The van der Waals surface area contributed by atoms with Crippen LogP contribution in [0.1, 0.15) is 28.8 Å². The third kappa shape index (κ3) is 3.90. The Morgan fingerprint density at radius 3 is 2.70 bits per heavy atom. The number of aliphatic hydroxyl groups excluding tert-OH is 1. The van der Waals surface area contributed by atoms with Crippen LogP contribution >= 0.6 is 0 Å². The molecule has 2 heterocycles. The highest BCUT2D eigenvalue weighted by Gasteiger charge is 2.34. The summed E-state index contributed by atoms with van der Waals surface area (Å²) in [5.74, 6) is -0.677. The van der Waals surface area contributed by atoms with Crippen molar-refractivity contribution < 1.29 is 14.3 Å². The number of hydrogen-bond donors (Lipinski definition) is 2. The number of carbonyl (C=O) groups excluding carboxylic acids is 1. The number of carbonyl (C=O) groups is 1. The second-order valence-corrected chi connectivity index (χ2v) is 5.92. The van der Waals surface area contributed by atoms with Gasteiger partial charge in [-0.1, -0.05) is 0 Å². The van der Waals surface area contributed by atoms with E-state index in [1.165, 1.54) is 12.3 Å². The molecule has 1 aliphatic rings. The first-order chi connectivity index (χ1) is 11.1. The summed E-state index contributed by atoms with van der Waals surface area (Å²) < 4.78 is 13.2. The molecule has 1 atom stereocenters. The second kappa shape index (κ2) is 6.83. The van der Waals surface area contributed by atoms with E-state index in [1.54, 1.807) is 12.4 Å². The summed E-state index contributed by atoms with van der Waals surface area (Å²) in [6, 6.07) is 4.86. The Balaban J connectivity index is 1.72. The molecule has 120 valence electrons. The maximum atomic E-state index is 13.2. The van der Waals surface area contributed by atoms with Gasteiger partial charge in [-0.25, -0.2) is 4.39 Å². The SMILES string of the molecule is O=C(NC(Cc1ccncc1)C1CC(O)C1)c1cncc(F)c1. The van der Waals surface area contributed by atoms with Crippen LogP contribution in [0.25, 0.3) is 0 Å². The molecule has 3 rings (SSSR count). The Morgan fingerprint density at radius 2 is 2.04 bits per heavy atom. The van der Waals surface area contributed by atoms with Crippen LogP contribution in [0.2, 0.25) is 0 Å². The smallest absolute Gasteiger partial charge is 0.253 e. The van der Waals surface area contributed by atoms with Crippen LogP contribution in [-0.2, 0) is 6.42 Å². The summed E-state index contributed by atoms with van der Waals surface area (Å²) in [5, 5.41) is 12.5. The summed E-state index contributed by atoms with van der Waals surface area (Å²) >= 11 is 0. The van der Waals surface area contributed by atoms with Crippen molar-refractivity contribution in [3.63, 3.8) is 0 Å². The van der Waals surface area contributed by atoms with Gasteiger partial charge in [0.2, 0.25) is 0 Å². The molecular weight excluding hydrogens is 297 g/mol. The number of rotatable bonds is 5. The number of nitrogens with one attached hydrogen (secondary N) is 1. The lowest BCUT2D eigenvalue weighted by molar-refractivity contribution is 0.0239. The number of amides is 1. The first-order valence-electron chi connectivity index (χ1n) is 7.60. The lowest BCUT2D eigenvalue weighted by Crippen LogP contribution is -2.48. The van der Waals surface area contributed by atoms with Crippen LogP contribution < -0.4 is 5.32 Å². The predicted molar refractivity (Wildman–Crippen MR) is 82.1 cm³/mol. The molecule has 1 amide bonds. The van der Waals surface area contributed by atoms with E-state index in [-0.39, 0.29) is 29.5 Å². The highest BCUT2D eigenvalue weighted by atomic mass is 19.1. The van der Waals surface area contributed by atoms with Gasteiger partial charge in [-0.15, -0.1) is 0 Å². The summed E-state index contributed by atoms with van der Waals surface area (Å²) in [6.07, 6.45) is 7.50. The monoisotopic (exact) mass is 315 g/mol. The molecule has 1 unspecified atom stereocenters. The molecule has 0 aromatic carbocycles. The highest BCUT2D eigenvalue weighted by molar-refractivity contribution is 5.94. The van der Waals surface area contributed by atoms with Crippen molar-refractivity contribution in [1.82, 2.24) is 15.3 Å².